The van der Waals surface area contributed by atoms with E-state index in [1.54, 1.807) is 0 Å². The lowest BCUT2D eigenvalue weighted by Gasteiger charge is -2.21. The van der Waals surface area contributed by atoms with Crippen molar-refractivity contribution in [3.05, 3.63) is 23.3 Å². The van der Waals surface area contributed by atoms with Gasteiger partial charge in [0, 0.05) is 18.3 Å². The van der Waals surface area contributed by atoms with Crippen molar-refractivity contribution in [2.75, 3.05) is 11.9 Å². The third kappa shape index (κ3) is 4.45. The number of sulfonamides is 1. The normalized spacial score (nSPS) is 14.8. The number of anilines is 1. The molecule has 1 aromatic carbocycles. The van der Waals surface area contributed by atoms with E-state index >= 15 is 0 Å². The molecule has 21 heavy (non-hydrogen) atoms. The second-order valence-electron chi connectivity index (χ2n) is 5.76. The molecule has 0 amide bonds. The van der Waals surface area contributed by atoms with Crippen molar-refractivity contribution < 1.29 is 8.42 Å². The first kappa shape index (κ1) is 18.0. The Morgan fingerprint density at radius 3 is 2.05 bits per heavy atom. The van der Waals surface area contributed by atoms with E-state index < -0.39 is 10.0 Å². The summed E-state index contributed by atoms with van der Waals surface area (Å²) in [6, 6.07) is 3.70. The molecule has 0 fully saturated rings. The van der Waals surface area contributed by atoms with Gasteiger partial charge in [-0.1, -0.05) is 20.3 Å². The molecule has 0 aliphatic rings. The van der Waals surface area contributed by atoms with Gasteiger partial charge in [-0.05, 0) is 56.9 Å². The van der Waals surface area contributed by atoms with Crippen molar-refractivity contribution in [3.63, 3.8) is 0 Å². The maximum atomic E-state index is 12.6. The van der Waals surface area contributed by atoms with Crippen LogP contribution in [0.15, 0.2) is 17.0 Å². The Bertz CT molecular complexity index is 559. The number of hydrogen-bond donors (Lipinski definition) is 2. The first-order chi connectivity index (χ1) is 9.72. The first-order valence-corrected chi connectivity index (χ1v) is 9.08. The van der Waals surface area contributed by atoms with E-state index in [4.69, 9.17) is 0 Å². The van der Waals surface area contributed by atoms with Crippen molar-refractivity contribution in [2.45, 2.75) is 58.9 Å². The summed E-state index contributed by atoms with van der Waals surface area (Å²) in [4.78, 5) is 0.402. The largest absolute Gasteiger partial charge is 0.385 e. The van der Waals surface area contributed by atoms with E-state index in [1.165, 1.54) is 0 Å². The Kier molecular flexibility index (Phi) is 6.23. The lowest BCUT2D eigenvalue weighted by atomic mass is 10.0. The summed E-state index contributed by atoms with van der Waals surface area (Å²) < 4.78 is 28.1. The van der Waals surface area contributed by atoms with Crippen LogP contribution in [0.2, 0.25) is 0 Å². The molecule has 2 unspecified atom stereocenters. The monoisotopic (exact) mass is 312 g/mol. The van der Waals surface area contributed by atoms with Gasteiger partial charge in [0.25, 0.3) is 0 Å². The van der Waals surface area contributed by atoms with Crippen molar-refractivity contribution in [3.8, 4) is 0 Å². The van der Waals surface area contributed by atoms with Gasteiger partial charge in [-0.3, -0.25) is 0 Å². The third-order valence-electron chi connectivity index (χ3n) is 3.95. The maximum Gasteiger partial charge on any atom is 0.241 e. The number of nitrogens with one attached hydrogen (secondary N) is 2. The molecule has 0 spiro atoms. The number of aryl methyl sites for hydroxylation is 2. The van der Waals surface area contributed by atoms with Crippen LogP contribution < -0.4 is 10.0 Å². The summed E-state index contributed by atoms with van der Waals surface area (Å²) in [6.07, 6.45) is 0.945. The summed E-state index contributed by atoms with van der Waals surface area (Å²) in [6.45, 7) is 12.6. The van der Waals surface area contributed by atoms with Gasteiger partial charge >= 0.3 is 0 Å². The molecule has 1 aromatic rings. The minimum absolute atomic E-state index is 0.0766. The molecule has 0 saturated heterocycles. The molecule has 0 bridgehead atoms. The highest BCUT2D eigenvalue weighted by atomic mass is 32.2. The molecular weight excluding hydrogens is 284 g/mol. The predicted molar refractivity (Wildman–Crippen MR) is 89.3 cm³/mol. The van der Waals surface area contributed by atoms with Crippen LogP contribution in [0, 0.1) is 19.8 Å². The molecule has 2 N–H and O–H groups in total. The predicted octanol–water partition coefficient (Wildman–Crippen LogP) is 3.45. The van der Waals surface area contributed by atoms with Crippen molar-refractivity contribution >= 4 is 15.7 Å². The van der Waals surface area contributed by atoms with Gasteiger partial charge in [-0.25, -0.2) is 13.1 Å². The van der Waals surface area contributed by atoms with E-state index in [-0.39, 0.29) is 6.04 Å². The first-order valence-electron chi connectivity index (χ1n) is 7.60. The molecular formula is C16H28N2O2S. The highest BCUT2D eigenvalue weighted by molar-refractivity contribution is 7.89. The molecule has 0 aromatic heterocycles. The SMILES string of the molecule is CCNc1cc(C)c(S(=O)(=O)NC(C)C(C)CC)c(C)c1. The van der Waals surface area contributed by atoms with Crippen LogP contribution >= 0.6 is 0 Å². The van der Waals surface area contributed by atoms with Gasteiger partial charge < -0.3 is 5.32 Å². The highest BCUT2D eigenvalue weighted by Crippen LogP contribution is 2.25. The summed E-state index contributed by atoms with van der Waals surface area (Å²) in [7, 11) is -3.49. The zero-order valence-corrected chi connectivity index (χ0v) is 14.8. The lowest BCUT2D eigenvalue weighted by Crippen LogP contribution is -2.37. The van der Waals surface area contributed by atoms with Crippen LogP contribution in [0.1, 0.15) is 45.2 Å². The lowest BCUT2D eigenvalue weighted by molar-refractivity contribution is 0.434. The molecule has 0 saturated carbocycles. The average molecular weight is 312 g/mol. The van der Waals surface area contributed by atoms with Crippen LogP contribution in [-0.4, -0.2) is 21.0 Å². The van der Waals surface area contributed by atoms with Gasteiger partial charge in [0.2, 0.25) is 10.0 Å². The van der Waals surface area contributed by atoms with E-state index in [0.717, 1.165) is 29.8 Å². The Morgan fingerprint density at radius 2 is 1.62 bits per heavy atom. The summed E-state index contributed by atoms with van der Waals surface area (Å²) in [5.74, 6) is 0.307. The minimum atomic E-state index is -3.49. The quantitative estimate of drug-likeness (QED) is 0.811. The number of hydrogen-bond acceptors (Lipinski definition) is 3. The number of rotatable bonds is 7. The van der Waals surface area contributed by atoms with Gasteiger partial charge in [-0.2, -0.15) is 0 Å². The summed E-state index contributed by atoms with van der Waals surface area (Å²) in [5, 5.41) is 3.22. The number of benzene rings is 1. The molecule has 0 radical (unpaired) electrons. The molecule has 2 atom stereocenters. The minimum Gasteiger partial charge on any atom is -0.385 e. The fraction of sp³-hybridized carbons (Fsp3) is 0.625. The average Bonchev–Trinajstić information content (AvgIpc) is 2.36. The fourth-order valence-corrected chi connectivity index (χ4v) is 4.26. The Labute approximate surface area is 129 Å². The van der Waals surface area contributed by atoms with Gasteiger partial charge in [0.05, 0.1) is 4.90 Å². The molecule has 5 heteroatoms. The molecule has 0 aliphatic heterocycles. The van der Waals surface area contributed by atoms with Gasteiger partial charge in [-0.15, -0.1) is 0 Å². The fourth-order valence-electron chi connectivity index (χ4n) is 2.45. The molecule has 120 valence electrons. The summed E-state index contributed by atoms with van der Waals surface area (Å²) in [5.41, 5.74) is 2.51. The van der Waals surface area contributed by atoms with Crippen LogP contribution in [0.25, 0.3) is 0 Å². The van der Waals surface area contributed by atoms with Crippen molar-refractivity contribution in [1.29, 1.82) is 0 Å². The smallest absolute Gasteiger partial charge is 0.241 e. The van der Waals surface area contributed by atoms with Crippen molar-refractivity contribution in [2.24, 2.45) is 5.92 Å². The van der Waals surface area contributed by atoms with E-state index in [0.29, 0.717) is 10.8 Å². The van der Waals surface area contributed by atoms with E-state index in [9.17, 15) is 8.42 Å². The van der Waals surface area contributed by atoms with Crippen molar-refractivity contribution in [1.82, 2.24) is 4.72 Å². The third-order valence-corrected chi connectivity index (χ3v) is 5.81. The Hall–Kier alpha value is -1.07. The highest BCUT2D eigenvalue weighted by Gasteiger charge is 2.24. The zero-order chi connectivity index (χ0) is 16.2. The van der Waals surface area contributed by atoms with Crippen LogP contribution in [-0.2, 0) is 10.0 Å². The van der Waals surface area contributed by atoms with Crippen LogP contribution in [0.4, 0.5) is 5.69 Å². The Balaban J connectivity index is 3.14. The standard InChI is InChI=1S/C16H28N2O2S/c1-7-11(3)14(6)18-21(19,20)16-12(4)9-15(17-8-2)10-13(16)5/h9-11,14,17-18H,7-8H2,1-6H3. The second-order valence-corrected chi connectivity index (χ2v) is 7.42. The zero-order valence-electron chi connectivity index (χ0n) is 13.9. The molecule has 1 rings (SSSR count). The second kappa shape index (κ2) is 7.27. The van der Waals surface area contributed by atoms with Gasteiger partial charge in [0.15, 0.2) is 0 Å². The molecule has 0 aliphatic carbocycles. The maximum absolute atomic E-state index is 12.6. The summed E-state index contributed by atoms with van der Waals surface area (Å²) >= 11 is 0. The van der Waals surface area contributed by atoms with E-state index in [2.05, 4.69) is 23.9 Å². The molecule has 4 nitrogen and oxygen atoms in total. The van der Waals surface area contributed by atoms with E-state index in [1.807, 2.05) is 39.8 Å². The molecule has 0 heterocycles. The van der Waals surface area contributed by atoms with Gasteiger partial charge in [0.1, 0.15) is 0 Å². The van der Waals surface area contributed by atoms with Crippen LogP contribution in [0.5, 0.6) is 0 Å². The Morgan fingerprint density at radius 1 is 1.10 bits per heavy atom. The topological polar surface area (TPSA) is 58.2 Å². The van der Waals surface area contributed by atoms with Crippen LogP contribution in [0.3, 0.4) is 0 Å².